The number of carboxylic acid groups (broad SMARTS) is 1. The number of ketones is 2. The molecule has 3 aromatic rings. The van der Waals surface area contributed by atoms with Crippen LogP contribution in [0.2, 0.25) is 0 Å². The van der Waals surface area contributed by atoms with E-state index in [1.807, 2.05) is 4.90 Å². The van der Waals surface area contributed by atoms with Gasteiger partial charge in [-0.25, -0.2) is 4.79 Å². The van der Waals surface area contributed by atoms with Crippen LogP contribution >= 0.6 is 0 Å². The maximum absolute atomic E-state index is 12.9. The summed E-state index contributed by atoms with van der Waals surface area (Å²) in [5.74, 6) is -0.794. The minimum absolute atomic E-state index is 0.0445. The molecule has 0 fully saturated rings. The molecule has 2 aliphatic rings. The average molecular weight is 546 g/mol. The second kappa shape index (κ2) is 13.8. The minimum atomic E-state index is -0.879. The van der Waals surface area contributed by atoms with E-state index in [0.717, 1.165) is 26.1 Å². The Bertz CT molecular complexity index is 1380. The van der Waals surface area contributed by atoms with Gasteiger partial charge in [-0.15, -0.1) is 0 Å². The van der Waals surface area contributed by atoms with Crippen molar-refractivity contribution in [3.05, 3.63) is 77.5 Å². The number of aromatic nitrogens is 1. The molecule has 0 bridgehead atoms. The van der Waals surface area contributed by atoms with E-state index in [2.05, 4.69) is 61.3 Å². The zero-order chi connectivity index (χ0) is 29.4. The van der Waals surface area contributed by atoms with Crippen LogP contribution in [-0.4, -0.2) is 76.1 Å². The van der Waals surface area contributed by atoms with Crippen LogP contribution in [0.4, 0.5) is 0 Å². The number of amides is 1. The van der Waals surface area contributed by atoms with Gasteiger partial charge in [0.2, 0.25) is 5.91 Å². The quantitative estimate of drug-likeness (QED) is 0.429. The lowest BCUT2D eigenvalue weighted by atomic mass is 9.79. The van der Waals surface area contributed by atoms with Crippen molar-refractivity contribution in [2.24, 2.45) is 5.92 Å². The standard InChI is InChI=1S/C20H25N3O.C7H6O2.C5H8O2/c1-4-23(5-2)20(24)14-9-16-15-7-6-8-17-19(15)13(11-21-17)10-18(16)22(3)12-14;8-7(9)6-4-2-1-3-5-6;1-4(6)3-5(2)7/h6-9,11,14,18,21H,4-5,10,12H2,1-3H3;1-5H,(H,8,9);3H2,1-2H3/t14-,18-;;/m1../s1. The lowest BCUT2D eigenvalue weighted by Gasteiger charge is -2.40. The molecule has 2 atom stereocenters. The van der Waals surface area contributed by atoms with Crippen molar-refractivity contribution in [1.29, 1.82) is 0 Å². The van der Waals surface area contributed by atoms with Crippen LogP contribution < -0.4 is 0 Å². The van der Waals surface area contributed by atoms with Gasteiger partial charge >= 0.3 is 5.97 Å². The number of fused-ring (bicyclic) bond motifs is 2. The first-order valence-corrected chi connectivity index (χ1v) is 13.6. The number of benzene rings is 2. The van der Waals surface area contributed by atoms with Gasteiger partial charge in [-0.2, -0.15) is 0 Å². The molecule has 0 saturated heterocycles. The zero-order valence-electron chi connectivity index (χ0n) is 23.9. The Balaban J connectivity index is 0.000000227. The number of carbonyl (C=O) groups is 4. The summed E-state index contributed by atoms with van der Waals surface area (Å²) in [4.78, 5) is 50.8. The Kier molecular flexibility index (Phi) is 10.6. The second-order valence-corrected chi connectivity index (χ2v) is 10.2. The molecule has 1 aromatic heterocycles. The predicted octanol–water partition coefficient (Wildman–Crippen LogP) is 4.85. The molecule has 5 rings (SSSR count). The molecule has 0 spiro atoms. The lowest BCUT2D eigenvalue weighted by molar-refractivity contribution is -0.134. The van der Waals surface area contributed by atoms with Crippen LogP contribution in [0.5, 0.6) is 0 Å². The highest BCUT2D eigenvalue weighted by Gasteiger charge is 2.36. The minimum Gasteiger partial charge on any atom is -0.478 e. The van der Waals surface area contributed by atoms with Gasteiger partial charge in [0, 0.05) is 42.8 Å². The molecule has 1 amide bonds. The molecule has 0 unspecified atom stereocenters. The molecule has 8 nitrogen and oxygen atoms in total. The van der Waals surface area contributed by atoms with E-state index in [1.54, 1.807) is 30.3 Å². The number of carboxylic acids is 1. The summed E-state index contributed by atoms with van der Waals surface area (Å²) in [6, 6.07) is 15.1. The van der Waals surface area contributed by atoms with Gasteiger partial charge in [0.25, 0.3) is 0 Å². The number of aromatic amines is 1. The maximum Gasteiger partial charge on any atom is 0.335 e. The Morgan fingerprint density at radius 1 is 0.975 bits per heavy atom. The predicted molar refractivity (Wildman–Crippen MR) is 157 cm³/mol. The van der Waals surface area contributed by atoms with E-state index in [4.69, 9.17) is 5.11 Å². The Labute approximate surface area is 235 Å². The number of nitrogens with one attached hydrogen (secondary N) is 1. The monoisotopic (exact) mass is 545 g/mol. The zero-order valence-corrected chi connectivity index (χ0v) is 23.9. The van der Waals surface area contributed by atoms with Crippen LogP contribution in [0.1, 0.15) is 55.6 Å². The average Bonchev–Trinajstić information content (AvgIpc) is 3.34. The van der Waals surface area contributed by atoms with Crippen LogP contribution in [-0.2, 0) is 20.8 Å². The number of H-pyrrole nitrogens is 1. The normalized spacial score (nSPS) is 17.3. The molecule has 212 valence electrons. The Morgan fingerprint density at radius 2 is 1.62 bits per heavy atom. The molecule has 40 heavy (non-hydrogen) atoms. The fourth-order valence-corrected chi connectivity index (χ4v) is 5.31. The maximum atomic E-state index is 12.9. The smallest absolute Gasteiger partial charge is 0.335 e. The Morgan fingerprint density at radius 3 is 2.15 bits per heavy atom. The van der Waals surface area contributed by atoms with Crippen molar-refractivity contribution < 1.29 is 24.3 Å². The summed E-state index contributed by atoms with van der Waals surface area (Å²) < 4.78 is 0. The number of Topliss-reactive ketones (excluding diaryl/α,β-unsaturated/α-hetero) is 2. The van der Waals surface area contributed by atoms with Crippen molar-refractivity contribution in [2.75, 3.05) is 26.7 Å². The largest absolute Gasteiger partial charge is 0.478 e. The van der Waals surface area contributed by atoms with E-state index in [0.29, 0.717) is 11.6 Å². The molecule has 2 heterocycles. The van der Waals surface area contributed by atoms with Gasteiger partial charge in [0.15, 0.2) is 0 Å². The molecular formula is C32H39N3O5. The second-order valence-electron chi connectivity index (χ2n) is 10.2. The number of aromatic carboxylic acids is 1. The number of likely N-dealkylation sites (N-methyl/N-ethyl adjacent to an activating group) is 1. The summed E-state index contributed by atoms with van der Waals surface area (Å²) in [5.41, 5.74) is 5.54. The summed E-state index contributed by atoms with van der Waals surface area (Å²) in [6.07, 6.45) is 5.49. The third-order valence-corrected chi connectivity index (χ3v) is 7.18. The van der Waals surface area contributed by atoms with Crippen LogP contribution in [0.25, 0.3) is 16.5 Å². The first-order chi connectivity index (χ1) is 19.1. The highest BCUT2D eigenvalue weighted by molar-refractivity contribution is 5.99. The topological polar surface area (TPSA) is 111 Å². The number of carbonyl (C=O) groups excluding carboxylic acids is 3. The highest BCUT2D eigenvalue weighted by atomic mass is 16.4. The van der Waals surface area contributed by atoms with Crippen LogP contribution in [0.3, 0.4) is 0 Å². The summed E-state index contributed by atoms with van der Waals surface area (Å²) >= 11 is 0. The summed E-state index contributed by atoms with van der Waals surface area (Å²) in [7, 11) is 2.15. The van der Waals surface area contributed by atoms with Crippen molar-refractivity contribution in [3.63, 3.8) is 0 Å². The third-order valence-electron chi connectivity index (χ3n) is 7.18. The molecular weight excluding hydrogens is 506 g/mol. The lowest BCUT2D eigenvalue weighted by Crippen LogP contribution is -2.47. The SMILES string of the molecule is CC(=O)CC(C)=O.CCN(CC)C(=O)[C@@H]1C=C2c3cccc4[nH]cc(c34)C[C@H]2N(C)C1.O=C(O)c1ccccc1. The number of rotatable bonds is 6. The van der Waals surface area contributed by atoms with Gasteiger partial charge in [-0.1, -0.05) is 36.4 Å². The molecule has 0 saturated carbocycles. The highest BCUT2D eigenvalue weighted by Crippen LogP contribution is 2.40. The Hall–Kier alpha value is -4.04. The van der Waals surface area contributed by atoms with Crippen molar-refractivity contribution in [2.45, 2.75) is 46.6 Å². The van der Waals surface area contributed by atoms with E-state index in [-0.39, 0.29) is 29.8 Å². The number of hydrogen-bond acceptors (Lipinski definition) is 5. The van der Waals surface area contributed by atoms with Crippen molar-refractivity contribution in [1.82, 2.24) is 14.8 Å². The van der Waals surface area contributed by atoms with Gasteiger partial charge in [-0.3, -0.25) is 19.3 Å². The fourth-order valence-electron chi connectivity index (χ4n) is 5.31. The molecule has 1 aliphatic heterocycles. The van der Waals surface area contributed by atoms with Crippen LogP contribution in [0.15, 0.2) is 60.8 Å². The molecule has 2 N–H and O–H groups in total. The van der Waals surface area contributed by atoms with Crippen molar-refractivity contribution in [3.8, 4) is 0 Å². The van der Waals surface area contributed by atoms with E-state index >= 15 is 0 Å². The summed E-state index contributed by atoms with van der Waals surface area (Å²) in [6.45, 7) is 9.27. The molecule has 0 radical (unpaired) electrons. The number of hydrogen-bond donors (Lipinski definition) is 2. The summed E-state index contributed by atoms with van der Waals surface area (Å²) in [5, 5.41) is 9.72. The molecule has 1 aliphatic carbocycles. The number of nitrogens with zero attached hydrogens (tertiary/aromatic N) is 2. The van der Waals surface area contributed by atoms with Crippen LogP contribution in [0, 0.1) is 5.92 Å². The van der Waals surface area contributed by atoms with Gasteiger partial charge in [0.1, 0.15) is 11.6 Å². The van der Waals surface area contributed by atoms with Gasteiger partial charge < -0.3 is 15.0 Å². The van der Waals surface area contributed by atoms with E-state index in [9.17, 15) is 19.2 Å². The van der Waals surface area contributed by atoms with E-state index < -0.39 is 5.97 Å². The van der Waals surface area contributed by atoms with Gasteiger partial charge in [0.05, 0.1) is 17.9 Å². The molecule has 2 aromatic carbocycles. The third kappa shape index (κ3) is 7.33. The first kappa shape index (κ1) is 30.5. The fraction of sp³-hybridized carbons (Fsp3) is 0.375. The van der Waals surface area contributed by atoms with E-state index in [1.165, 1.54) is 41.5 Å². The molecule has 8 heteroatoms. The van der Waals surface area contributed by atoms with Crippen molar-refractivity contribution >= 4 is 39.9 Å². The first-order valence-electron chi connectivity index (χ1n) is 13.6. The van der Waals surface area contributed by atoms with Gasteiger partial charge in [-0.05, 0) is 76.1 Å².